The number of nitrogens with zero attached hydrogens (tertiary/aromatic N) is 2. The summed E-state index contributed by atoms with van der Waals surface area (Å²) in [5.41, 5.74) is 0. The normalized spacial score (nSPS) is 24.2. The Bertz CT molecular complexity index is 325. The Morgan fingerprint density at radius 3 is 2.94 bits per heavy atom. The number of hydrogen-bond donors (Lipinski definition) is 3. The smallest absolute Gasteiger partial charge is 0.324 e. The molecule has 16 heavy (non-hydrogen) atoms. The molecule has 7 nitrogen and oxygen atoms in total. The molecule has 1 fully saturated rings. The highest BCUT2D eigenvalue weighted by Crippen LogP contribution is 1.97. The van der Waals surface area contributed by atoms with Gasteiger partial charge in [0.25, 0.3) is 0 Å². The topological polar surface area (TPSA) is 85.8 Å². The number of nitrogens with one attached hydrogen (secondary N) is 3. The molecule has 2 aliphatic heterocycles. The second kappa shape index (κ2) is 4.38. The van der Waals surface area contributed by atoms with Crippen molar-refractivity contribution >= 4 is 17.9 Å². The number of guanidine groups is 1. The van der Waals surface area contributed by atoms with Gasteiger partial charge in [0.15, 0.2) is 5.96 Å². The summed E-state index contributed by atoms with van der Waals surface area (Å²) in [6, 6.07) is 0.0284. The van der Waals surface area contributed by atoms with Crippen LogP contribution in [0.2, 0.25) is 0 Å². The molecule has 1 unspecified atom stereocenters. The van der Waals surface area contributed by atoms with Crippen molar-refractivity contribution in [2.24, 2.45) is 4.99 Å². The summed E-state index contributed by atoms with van der Waals surface area (Å²) in [5.74, 6) is 0.557. The van der Waals surface area contributed by atoms with E-state index in [1.165, 1.54) is 4.90 Å². The number of carbonyl (C=O) groups is 2. The highest BCUT2D eigenvalue weighted by atomic mass is 16.2. The Balaban J connectivity index is 1.72. The first-order valence-corrected chi connectivity index (χ1v) is 5.30. The third kappa shape index (κ3) is 2.23. The lowest BCUT2D eigenvalue weighted by molar-refractivity contribution is -0.124. The van der Waals surface area contributed by atoms with Crippen LogP contribution in [0.15, 0.2) is 4.99 Å². The second-order valence-corrected chi connectivity index (χ2v) is 3.87. The van der Waals surface area contributed by atoms with Gasteiger partial charge in [0.2, 0.25) is 5.91 Å². The molecular weight excluding hydrogens is 210 g/mol. The molecule has 0 spiro atoms. The van der Waals surface area contributed by atoms with E-state index in [1.807, 2.05) is 6.92 Å². The molecule has 3 N–H and O–H groups in total. The molecule has 1 atom stereocenters. The van der Waals surface area contributed by atoms with E-state index >= 15 is 0 Å². The van der Waals surface area contributed by atoms with Gasteiger partial charge in [0.1, 0.15) is 0 Å². The first kappa shape index (κ1) is 10.7. The van der Waals surface area contributed by atoms with Crippen LogP contribution in [-0.2, 0) is 4.79 Å². The fraction of sp³-hybridized carbons (Fsp3) is 0.667. The predicted molar refractivity (Wildman–Crippen MR) is 58.0 cm³/mol. The average molecular weight is 225 g/mol. The van der Waals surface area contributed by atoms with Crippen LogP contribution in [0.25, 0.3) is 0 Å². The van der Waals surface area contributed by atoms with Crippen LogP contribution >= 0.6 is 0 Å². The fourth-order valence-electron chi connectivity index (χ4n) is 1.63. The van der Waals surface area contributed by atoms with Crippen LogP contribution < -0.4 is 16.0 Å². The van der Waals surface area contributed by atoms with E-state index in [9.17, 15) is 9.59 Å². The van der Waals surface area contributed by atoms with Crippen LogP contribution in [-0.4, -0.2) is 55.0 Å². The van der Waals surface area contributed by atoms with Crippen molar-refractivity contribution in [1.82, 2.24) is 20.9 Å². The average Bonchev–Trinajstić information content (AvgIpc) is 2.78. The molecule has 0 saturated carbocycles. The van der Waals surface area contributed by atoms with Crippen LogP contribution in [0.3, 0.4) is 0 Å². The Labute approximate surface area is 93.3 Å². The standard InChI is InChI=1S/C9H15N5O2/c1-6-4-11-8(13-6)10-2-3-14-7(15)5-12-9(14)16/h6H,2-5H2,1H3,(H,12,16)(H2,10,11,13). The quantitative estimate of drug-likeness (QED) is 0.509. The lowest BCUT2D eigenvalue weighted by Crippen LogP contribution is -2.43. The van der Waals surface area contributed by atoms with Gasteiger partial charge in [-0.05, 0) is 6.92 Å². The molecule has 0 aromatic rings. The molecule has 0 aromatic heterocycles. The van der Waals surface area contributed by atoms with Crippen molar-refractivity contribution in [2.45, 2.75) is 13.0 Å². The number of imide groups is 1. The Kier molecular flexibility index (Phi) is 2.93. The molecule has 1 saturated heterocycles. The molecule has 3 amide bonds. The summed E-state index contributed by atoms with van der Waals surface area (Å²) < 4.78 is 0. The first-order valence-electron chi connectivity index (χ1n) is 5.30. The summed E-state index contributed by atoms with van der Waals surface area (Å²) in [4.78, 5) is 27.8. The number of amides is 3. The number of rotatable bonds is 3. The summed E-state index contributed by atoms with van der Waals surface area (Å²) in [6.07, 6.45) is 0. The maximum absolute atomic E-state index is 11.2. The molecule has 2 aliphatic rings. The van der Waals surface area contributed by atoms with Gasteiger partial charge in [-0.2, -0.15) is 0 Å². The lowest BCUT2D eigenvalue weighted by Gasteiger charge is -2.13. The van der Waals surface area contributed by atoms with E-state index in [2.05, 4.69) is 20.9 Å². The largest absolute Gasteiger partial charge is 0.355 e. The van der Waals surface area contributed by atoms with Crippen LogP contribution in [0.1, 0.15) is 6.92 Å². The minimum Gasteiger partial charge on any atom is -0.355 e. The van der Waals surface area contributed by atoms with Gasteiger partial charge in [0, 0.05) is 19.1 Å². The molecule has 0 radical (unpaired) electrons. The lowest BCUT2D eigenvalue weighted by atomic mass is 10.4. The Morgan fingerprint density at radius 2 is 2.38 bits per heavy atom. The van der Waals surface area contributed by atoms with Crippen LogP contribution in [0, 0.1) is 0 Å². The Hall–Kier alpha value is -1.79. The summed E-state index contributed by atoms with van der Waals surface area (Å²) >= 11 is 0. The number of aliphatic imine (C=N–C) groups is 1. The SMILES string of the molecule is CC1CN=C(NCCN2C(=O)CNC2=O)N1. The van der Waals surface area contributed by atoms with E-state index in [-0.39, 0.29) is 18.5 Å². The van der Waals surface area contributed by atoms with Crippen LogP contribution in [0.5, 0.6) is 0 Å². The number of carbonyl (C=O) groups excluding carboxylic acids is 2. The van der Waals surface area contributed by atoms with Crippen LogP contribution in [0.4, 0.5) is 4.79 Å². The van der Waals surface area contributed by atoms with Crippen molar-refractivity contribution in [3.8, 4) is 0 Å². The maximum Gasteiger partial charge on any atom is 0.324 e. The minimum absolute atomic E-state index is 0.106. The molecule has 88 valence electrons. The first-order chi connectivity index (χ1) is 7.66. The fourth-order valence-corrected chi connectivity index (χ4v) is 1.63. The molecular formula is C9H15N5O2. The molecule has 7 heteroatoms. The monoisotopic (exact) mass is 225 g/mol. The Morgan fingerprint density at radius 1 is 1.56 bits per heavy atom. The predicted octanol–water partition coefficient (Wildman–Crippen LogP) is -1.52. The summed E-state index contributed by atoms with van der Waals surface area (Å²) in [5, 5.41) is 8.65. The maximum atomic E-state index is 11.2. The van der Waals surface area contributed by atoms with Gasteiger partial charge in [-0.25, -0.2) is 4.79 Å². The third-order valence-corrected chi connectivity index (χ3v) is 2.47. The van der Waals surface area contributed by atoms with Crippen molar-refractivity contribution in [3.05, 3.63) is 0 Å². The van der Waals surface area contributed by atoms with Crippen molar-refractivity contribution in [2.75, 3.05) is 26.2 Å². The van der Waals surface area contributed by atoms with Crippen molar-refractivity contribution in [1.29, 1.82) is 0 Å². The van der Waals surface area contributed by atoms with Gasteiger partial charge < -0.3 is 16.0 Å². The van der Waals surface area contributed by atoms with E-state index in [0.717, 1.165) is 12.5 Å². The highest BCUT2D eigenvalue weighted by Gasteiger charge is 2.27. The zero-order valence-corrected chi connectivity index (χ0v) is 9.12. The van der Waals surface area contributed by atoms with E-state index in [1.54, 1.807) is 0 Å². The molecule has 0 aliphatic carbocycles. The highest BCUT2D eigenvalue weighted by molar-refractivity contribution is 6.01. The number of urea groups is 1. The van der Waals surface area contributed by atoms with E-state index in [0.29, 0.717) is 19.1 Å². The van der Waals surface area contributed by atoms with E-state index in [4.69, 9.17) is 0 Å². The van der Waals surface area contributed by atoms with Gasteiger partial charge in [0.05, 0.1) is 13.1 Å². The number of hydrogen-bond acceptors (Lipinski definition) is 5. The minimum atomic E-state index is -0.318. The van der Waals surface area contributed by atoms with Gasteiger partial charge in [-0.15, -0.1) is 0 Å². The van der Waals surface area contributed by atoms with E-state index < -0.39 is 0 Å². The molecule has 2 rings (SSSR count). The van der Waals surface area contributed by atoms with Crippen molar-refractivity contribution in [3.63, 3.8) is 0 Å². The zero-order chi connectivity index (χ0) is 11.5. The summed E-state index contributed by atoms with van der Waals surface area (Å²) in [7, 11) is 0. The second-order valence-electron chi connectivity index (χ2n) is 3.87. The molecule has 2 heterocycles. The van der Waals surface area contributed by atoms with Crippen molar-refractivity contribution < 1.29 is 9.59 Å². The van der Waals surface area contributed by atoms with Gasteiger partial charge >= 0.3 is 6.03 Å². The zero-order valence-electron chi connectivity index (χ0n) is 9.12. The van der Waals surface area contributed by atoms with Gasteiger partial charge in [-0.1, -0.05) is 0 Å². The van der Waals surface area contributed by atoms with Gasteiger partial charge in [-0.3, -0.25) is 14.7 Å². The third-order valence-electron chi connectivity index (χ3n) is 2.47. The summed E-state index contributed by atoms with van der Waals surface area (Å²) in [6.45, 7) is 3.77. The molecule has 0 aromatic carbocycles. The molecule has 0 bridgehead atoms.